The molecule has 0 bridgehead atoms. The average Bonchev–Trinajstić information content (AvgIpc) is 2.28. The summed E-state index contributed by atoms with van der Waals surface area (Å²) in [5.41, 5.74) is 0. The van der Waals surface area contributed by atoms with Gasteiger partial charge < -0.3 is 5.32 Å². The Labute approximate surface area is 107 Å². The number of aromatic nitrogens is 2. The van der Waals surface area contributed by atoms with Gasteiger partial charge in [0.15, 0.2) is 0 Å². The van der Waals surface area contributed by atoms with Crippen molar-refractivity contribution in [1.29, 1.82) is 0 Å². The number of amides is 1. The molecular weight excluding hydrogens is 230 g/mol. The fourth-order valence-corrected chi connectivity index (χ4v) is 2.30. The first-order valence-electron chi connectivity index (χ1n) is 6.19. The van der Waals surface area contributed by atoms with Crippen molar-refractivity contribution in [2.24, 2.45) is 0 Å². The normalized spacial score (nSPS) is 24.8. The van der Waals surface area contributed by atoms with E-state index in [2.05, 4.69) is 39.3 Å². The van der Waals surface area contributed by atoms with Crippen LogP contribution in [0.25, 0.3) is 0 Å². The van der Waals surface area contributed by atoms with Gasteiger partial charge >= 0.3 is 0 Å². The molecule has 18 heavy (non-hydrogen) atoms. The van der Waals surface area contributed by atoms with Crippen molar-refractivity contribution in [3.8, 4) is 0 Å². The molecule has 0 spiro atoms. The van der Waals surface area contributed by atoms with Crippen LogP contribution in [0.15, 0.2) is 18.5 Å². The number of nitrogens with zero attached hydrogens (tertiary/aromatic N) is 3. The second-order valence-corrected chi connectivity index (χ2v) is 4.78. The Balaban J connectivity index is 1.84. The number of nitrogens with one attached hydrogen (secondary N) is 2. The smallest absolute Gasteiger partial charge is 0.240 e. The van der Waals surface area contributed by atoms with E-state index in [1.54, 1.807) is 18.5 Å². The molecule has 0 saturated carbocycles. The quantitative estimate of drug-likeness (QED) is 0.795. The molecule has 1 aromatic rings. The maximum atomic E-state index is 11.8. The number of carbonyl (C=O) groups is 1. The van der Waals surface area contributed by atoms with Gasteiger partial charge in [-0.3, -0.25) is 15.0 Å². The minimum atomic E-state index is -0.0671. The zero-order chi connectivity index (χ0) is 13.0. The van der Waals surface area contributed by atoms with Crippen LogP contribution in [0, 0.1) is 0 Å². The molecule has 2 unspecified atom stereocenters. The van der Waals surface area contributed by atoms with Crippen molar-refractivity contribution < 1.29 is 4.79 Å². The molecule has 1 amide bonds. The van der Waals surface area contributed by atoms with Gasteiger partial charge in [-0.05, 0) is 19.9 Å². The van der Waals surface area contributed by atoms with Crippen molar-refractivity contribution in [1.82, 2.24) is 20.2 Å². The lowest BCUT2D eigenvalue weighted by Crippen LogP contribution is -2.55. The van der Waals surface area contributed by atoms with Crippen LogP contribution in [0.3, 0.4) is 0 Å². The van der Waals surface area contributed by atoms with Gasteiger partial charge in [0.2, 0.25) is 11.9 Å². The number of hydrogen-bond acceptors (Lipinski definition) is 5. The van der Waals surface area contributed by atoms with Crippen LogP contribution in [-0.2, 0) is 4.79 Å². The van der Waals surface area contributed by atoms with Gasteiger partial charge in [-0.15, -0.1) is 0 Å². The van der Waals surface area contributed by atoms with Gasteiger partial charge in [-0.25, -0.2) is 9.97 Å². The summed E-state index contributed by atoms with van der Waals surface area (Å²) in [6.07, 6.45) is 3.22. The van der Waals surface area contributed by atoms with Crippen LogP contribution >= 0.6 is 0 Å². The Kier molecular flexibility index (Phi) is 4.22. The highest BCUT2D eigenvalue weighted by atomic mass is 16.2. The fourth-order valence-electron chi connectivity index (χ4n) is 2.30. The first kappa shape index (κ1) is 12.9. The van der Waals surface area contributed by atoms with E-state index in [0.717, 1.165) is 13.1 Å². The largest absolute Gasteiger partial charge is 0.309 e. The number of carbonyl (C=O) groups excluding carboxylic acids is 1. The van der Waals surface area contributed by atoms with Crippen molar-refractivity contribution in [3.05, 3.63) is 18.5 Å². The lowest BCUT2D eigenvalue weighted by molar-refractivity contribution is -0.117. The molecular formula is C12H19N5O. The molecule has 0 aliphatic carbocycles. The van der Waals surface area contributed by atoms with Crippen LogP contribution in [0.5, 0.6) is 0 Å². The lowest BCUT2D eigenvalue weighted by atomic mass is 10.1. The molecule has 1 saturated heterocycles. The molecule has 1 aromatic heterocycles. The molecule has 0 radical (unpaired) electrons. The first-order chi connectivity index (χ1) is 8.63. The standard InChI is InChI=1S/C12H19N5O/c1-9-6-17(7-10(2)15-9)8-11(18)16-12-13-4-3-5-14-12/h3-5,9-10,15H,6-8H2,1-2H3,(H,13,14,16,18). The molecule has 1 aliphatic heterocycles. The zero-order valence-corrected chi connectivity index (χ0v) is 10.8. The maximum Gasteiger partial charge on any atom is 0.240 e. The summed E-state index contributed by atoms with van der Waals surface area (Å²) in [5, 5.41) is 6.13. The van der Waals surface area contributed by atoms with Gasteiger partial charge in [0.1, 0.15) is 0 Å². The summed E-state index contributed by atoms with van der Waals surface area (Å²) in [6.45, 7) is 6.40. The Morgan fingerprint density at radius 3 is 2.61 bits per heavy atom. The second kappa shape index (κ2) is 5.88. The van der Waals surface area contributed by atoms with Gasteiger partial charge in [0.25, 0.3) is 0 Å². The Morgan fingerprint density at radius 2 is 2.00 bits per heavy atom. The summed E-state index contributed by atoms with van der Waals surface area (Å²) in [6, 6.07) is 2.54. The summed E-state index contributed by atoms with van der Waals surface area (Å²) in [7, 11) is 0. The molecule has 6 nitrogen and oxygen atoms in total. The highest BCUT2D eigenvalue weighted by Gasteiger charge is 2.22. The highest BCUT2D eigenvalue weighted by molar-refractivity contribution is 5.90. The van der Waals surface area contributed by atoms with Gasteiger partial charge in [-0.2, -0.15) is 0 Å². The molecule has 0 aromatic carbocycles. The minimum absolute atomic E-state index is 0.0671. The summed E-state index contributed by atoms with van der Waals surface area (Å²) in [4.78, 5) is 21.9. The van der Waals surface area contributed by atoms with Crippen molar-refractivity contribution in [3.63, 3.8) is 0 Å². The van der Waals surface area contributed by atoms with E-state index in [0.29, 0.717) is 24.6 Å². The summed E-state index contributed by atoms with van der Waals surface area (Å²) < 4.78 is 0. The van der Waals surface area contributed by atoms with Gasteiger partial charge in [0.05, 0.1) is 6.54 Å². The maximum absolute atomic E-state index is 11.8. The molecule has 2 N–H and O–H groups in total. The Morgan fingerprint density at radius 1 is 1.39 bits per heavy atom. The monoisotopic (exact) mass is 249 g/mol. The van der Waals surface area contributed by atoms with Crippen LogP contribution in [0.4, 0.5) is 5.95 Å². The summed E-state index contributed by atoms with van der Waals surface area (Å²) >= 11 is 0. The summed E-state index contributed by atoms with van der Waals surface area (Å²) in [5.74, 6) is 0.293. The average molecular weight is 249 g/mol. The number of anilines is 1. The van der Waals surface area contributed by atoms with Crippen molar-refractivity contribution in [2.45, 2.75) is 25.9 Å². The Hall–Kier alpha value is -1.53. The van der Waals surface area contributed by atoms with Gasteiger partial charge in [0, 0.05) is 37.6 Å². The van der Waals surface area contributed by atoms with Crippen LogP contribution < -0.4 is 10.6 Å². The molecule has 1 aliphatic rings. The van der Waals surface area contributed by atoms with Crippen LogP contribution in [0.2, 0.25) is 0 Å². The molecule has 2 atom stereocenters. The van der Waals surface area contributed by atoms with E-state index in [9.17, 15) is 4.79 Å². The number of rotatable bonds is 3. The van der Waals surface area contributed by atoms with Crippen molar-refractivity contribution in [2.75, 3.05) is 25.0 Å². The van der Waals surface area contributed by atoms with Crippen molar-refractivity contribution >= 4 is 11.9 Å². The SMILES string of the molecule is CC1CN(CC(=O)Nc2ncccn2)CC(C)N1. The molecule has 1 fully saturated rings. The predicted molar refractivity (Wildman–Crippen MR) is 69.2 cm³/mol. The second-order valence-electron chi connectivity index (χ2n) is 4.78. The molecule has 2 rings (SSSR count). The third-order valence-electron chi connectivity index (χ3n) is 2.82. The third kappa shape index (κ3) is 3.75. The zero-order valence-electron chi connectivity index (χ0n) is 10.8. The minimum Gasteiger partial charge on any atom is -0.309 e. The topological polar surface area (TPSA) is 70.2 Å². The molecule has 98 valence electrons. The lowest BCUT2D eigenvalue weighted by Gasteiger charge is -2.35. The fraction of sp³-hybridized carbons (Fsp3) is 0.583. The first-order valence-corrected chi connectivity index (χ1v) is 6.19. The predicted octanol–water partition coefficient (Wildman–Crippen LogP) is 0.0973. The van der Waals surface area contributed by atoms with Crippen LogP contribution in [-0.4, -0.2) is 52.5 Å². The number of piperazine rings is 1. The van der Waals surface area contributed by atoms with E-state index in [1.807, 2.05) is 0 Å². The third-order valence-corrected chi connectivity index (χ3v) is 2.82. The highest BCUT2D eigenvalue weighted by Crippen LogP contribution is 2.04. The van der Waals surface area contributed by atoms with E-state index < -0.39 is 0 Å². The molecule has 2 heterocycles. The Bertz CT molecular complexity index is 387. The van der Waals surface area contributed by atoms with E-state index in [-0.39, 0.29) is 5.91 Å². The number of hydrogen-bond donors (Lipinski definition) is 2. The van der Waals surface area contributed by atoms with E-state index in [4.69, 9.17) is 0 Å². The van der Waals surface area contributed by atoms with Crippen LogP contribution in [0.1, 0.15) is 13.8 Å². The van der Waals surface area contributed by atoms with Gasteiger partial charge in [-0.1, -0.05) is 0 Å². The van der Waals surface area contributed by atoms with E-state index in [1.165, 1.54) is 0 Å². The van der Waals surface area contributed by atoms with E-state index >= 15 is 0 Å². The molecule has 6 heteroatoms.